The van der Waals surface area contributed by atoms with Crippen molar-refractivity contribution in [3.8, 4) is 0 Å². The van der Waals surface area contributed by atoms with Gasteiger partial charge >= 0.3 is 0 Å². The van der Waals surface area contributed by atoms with Gasteiger partial charge in [0.05, 0.1) is 14.2 Å². The minimum absolute atomic E-state index is 0.0591. The SMILES string of the molecule is COC1=C(OC)C2(C)OC1(C)CCC2=O. The van der Waals surface area contributed by atoms with Gasteiger partial charge in [-0.15, -0.1) is 0 Å². The van der Waals surface area contributed by atoms with E-state index in [0.717, 1.165) is 0 Å². The smallest absolute Gasteiger partial charge is 0.185 e. The Kier molecular flexibility index (Phi) is 2.08. The summed E-state index contributed by atoms with van der Waals surface area (Å²) < 4.78 is 16.4. The molecule has 15 heavy (non-hydrogen) atoms. The van der Waals surface area contributed by atoms with Crippen LogP contribution in [0.1, 0.15) is 26.7 Å². The summed E-state index contributed by atoms with van der Waals surface area (Å²) in [5.74, 6) is 1.23. The van der Waals surface area contributed by atoms with Gasteiger partial charge in [0.2, 0.25) is 0 Å². The molecule has 84 valence electrons. The predicted octanol–water partition coefficient (Wildman–Crippen LogP) is 1.40. The second-order valence-corrected chi connectivity index (χ2v) is 4.36. The Hall–Kier alpha value is -1.03. The largest absolute Gasteiger partial charge is 0.494 e. The second-order valence-electron chi connectivity index (χ2n) is 4.36. The van der Waals surface area contributed by atoms with Crippen LogP contribution >= 0.6 is 0 Å². The fourth-order valence-corrected chi connectivity index (χ4v) is 2.53. The minimum Gasteiger partial charge on any atom is -0.494 e. The van der Waals surface area contributed by atoms with Crippen LogP contribution in [0.25, 0.3) is 0 Å². The maximum Gasteiger partial charge on any atom is 0.185 e. The lowest BCUT2D eigenvalue weighted by Gasteiger charge is -2.35. The van der Waals surface area contributed by atoms with Gasteiger partial charge in [0.15, 0.2) is 22.9 Å². The molecule has 2 aliphatic rings. The topological polar surface area (TPSA) is 44.8 Å². The third-order valence-corrected chi connectivity index (χ3v) is 3.32. The molecule has 0 radical (unpaired) electrons. The summed E-state index contributed by atoms with van der Waals surface area (Å²) >= 11 is 0. The normalized spacial score (nSPS) is 39.6. The Bertz CT molecular complexity index is 346. The number of methoxy groups -OCH3 is 2. The highest BCUT2D eigenvalue weighted by atomic mass is 16.6. The van der Waals surface area contributed by atoms with Crippen molar-refractivity contribution in [1.82, 2.24) is 0 Å². The van der Waals surface area contributed by atoms with Crippen LogP contribution in [0.4, 0.5) is 0 Å². The maximum atomic E-state index is 11.9. The Morgan fingerprint density at radius 2 is 1.80 bits per heavy atom. The summed E-state index contributed by atoms with van der Waals surface area (Å²) in [5.41, 5.74) is -1.46. The van der Waals surface area contributed by atoms with Gasteiger partial charge in [0.1, 0.15) is 5.60 Å². The molecule has 2 rings (SSSR count). The zero-order valence-electron chi connectivity index (χ0n) is 9.55. The van der Waals surface area contributed by atoms with Crippen molar-refractivity contribution >= 4 is 5.78 Å². The summed E-state index contributed by atoms with van der Waals surface area (Å²) in [5, 5.41) is 0. The Balaban J connectivity index is 2.56. The average Bonchev–Trinajstić information content (AvgIpc) is 2.38. The summed E-state index contributed by atoms with van der Waals surface area (Å²) in [6, 6.07) is 0. The van der Waals surface area contributed by atoms with Gasteiger partial charge in [-0.05, 0) is 20.3 Å². The molecule has 0 aromatic rings. The van der Waals surface area contributed by atoms with E-state index in [2.05, 4.69) is 0 Å². The molecule has 0 saturated carbocycles. The first kappa shape index (κ1) is 10.5. The molecule has 2 aliphatic heterocycles. The van der Waals surface area contributed by atoms with E-state index in [4.69, 9.17) is 14.2 Å². The number of ketones is 1. The summed E-state index contributed by atoms with van der Waals surface area (Å²) in [4.78, 5) is 11.9. The van der Waals surface area contributed by atoms with E-state index in [1.54, 1.807) is 21.1 Å². The molecule has 1 saturated heterocycles. The van der Waals surface area contributed by atoms with E-state index in [1.807, 2.05) is 6.92 Å². The quantitative estimate of drug-likeness (QED) is 0.694. The highest BCUT2D eigenvalue weighted by Gasteiger charge is 2.60. The molecular formula is C11H16O4. The van der Waals surface area contributed by atoms with Crippen molar-refractivity contribution in [3.05, 3.63) is 11.5 Å². The van der Waals surface area contributed by atoms with Crippen LogP contribution in [0.3, 0.4) is 0 Å². The summed E-state index contributed by atoms with van der Waals surface area (Å²) in [6.07, 6.45) is 1.16. The molecule has 2 atom stereocenters. The standard InChI is InChI=1S/C11H16O4/c1-10-6-5-7(12)11(2,15-10)9(14-4)8(10)13-3/h5-6H2,1-4H3. The highest BCUT2D eigenvalue weighted by Crippen LogP contribution is 2.50. The minimum atomic E-state index is -0.951. The van der Waals surface area contributed by atoms with Crippen molar-refractivity contribution in [2.45, 2.75) is 37.9 Å². The number of carbonyl (C=O) groups is 1. The van der Waals surface area contributed by atoms with Crippen LogP contribution in [-0.2, 0) is 19.0 Å². The lowest BCUT2D eigenvalue weighted by Crippen LogP contribution is -2.46. The maximum absolute atomic E-state index is 11.9. The molecule has 2 unspecified atom stereocenters. The van der Waals surface area contributed by atoms with Crippen molar-refractivity contribution in [1.29, 1.82) is 0 Å². The molecule has 1 fully saturated rings. The molecule has 0 aliphatic carbocycles. The fourth-order valence-electron chi connectivity index (χ4n) is 2.53. The number of hydrogen-bond donors (Lipinski definition) is 0. The molecule has 2 heterocycles. The fraction of sp³-hybridized carbons (Fsp3) is 0.727. The van der Waals surface area contributed by atoms with Crippen LogP contribution in [0.5, 0.6) is 0 Å². The molecule has 4 nitrogen and oxygen atoms in total. The van der Waals surface area contributed by atoms with Gasteiger partial charge in [-0.1, -0.05) is 0 Å². The lowest BCUT2D eigenvalue weighted by molar-refractivity contribution is -0.165. The van der Waals surface area contributed by atoms with Gasteiger partial charge in [-0.3, -0.25) is 4.79 Å². The third kappa shape index (κ3) is 1.14. The van der Waals surface area contributed by atoms with E-state index < -0.39 is 11.2 Å². The van der Waals surface area contributed by atoms with Crippen molar-refractivity contribution < 1.29 is 19.0 Å². The number of Topliss-reactive ketones (excluding diaryl/α,β-unsaturated/α-hetero) is 1. The van der Waals surface area contributed by atoms with E-state index >= 15 is 0 Å². The number of fused-ring (bicyclic) bond motifs is 2. The first-order valence-corrected chi connectivity index (χ1v) is 5.04. The van der Waals surface area contributed by atoms with Gasteiger partial charge in [-0.25, -0.2) is 0 Å². The van der Waals surface area contributed by atoms with Crippen LogP contribution in [0, 0.1) is 0 Å². The van der Waals surface area contributed by atoms with Crippen LogP contribution in [0.2, 0.25) is 0 Å². The Labute approximate surface area is 89.2 Å². The molecule has 0 N–H and O–H groups in total. The van der Waals surface area contributed by atoms with E-state index in [1.165, 1.54) is 0 Å². The molecule has 0 amide bonds. The molecule has 0 aromatic carbocycles. The summed E-state index contributed by atoms with van der Waals surface area (Å²) in [6.45, 7) is 3.68. The van der Waals surface area contributed by atoms with Crippen molar-refractivity contribution in [2.75, 3.05) is 14.2 Å². The Morgan fingerprint density at radius 3 is 2.33 bits per heavy atom. The third-order valence-electron chi connectivity index (χ3n) is 3.32. The monoisotopic (exact) mass is 212 g/mol. The first-order valence-electron chi connectivity index (χ1n) is 5.04. The van der Waals surface area contributed by atoms with Crippen molar-refractivity contribution in [2.24, 2.45) is 0 Å². The molecule has 0 aromatic heterocycles. The van der Waals surface area contributed by atoms with Gasteiger partial charge in [0.25, 0.3) is 0 Å². The predicted molar refractivity (Wildman–Crippen MR) is 53.2 cm³/mol. The van der Waals surface area contributed by atoms with Crippen LogP contribution in [0.15, 0.2) is 11.5 Å². The molecule has 4 heteroatoms. The number of rotatable bonds is 2. The number of ether oxygens (including phenoxy) is 3. The van der Waals surface area contributed by atoms with E-state index in [-0.39, 0.29) is 5.78 Å². The van der Waals surface area contributed by atoms with Crippen LogP contribution in [-0.4, -0.2) is 31.2 Å². The molecule has 0 spiro atoms. The van der Waals surface area contributed by atoms with Gasteiger partial charge in [-0.2, -0.15) is 0 Å². The van der Waals surface area contributed by atoms with Crippen LogP contribution < -0.4 is 0 Å². The van der Waals surface area contributed by atoms with E-state index in [9.17, 15) is 4.79 Å². The van der Waals surface area contributed by atoms with Gasteiger partial charge in [0, 0.05) is 6.42 Å². The first-order chi connectivity index (χ1) is 6.98. The molecular weight excluding hydrogens is 196 g/mol. The van der Waals surface area contributed by atoms with E-state index in [0.29, 0.717) is 24.4 Å². The number of hydrogen-bond acceptors (Lipinski definition) is 4. The lowest BCUT2D eigenvalue weighted by atomic mass is 9.92. The summed E-state index contributed by atoms with van der Waals surface area (Å²) in [7, 11) is 3.12. The molecule has 2 bridgehead atoms. The zero-order chi connectivity index (χ0) is 11.3. The highest BCUT2D eigenvalue weighted by molar-refractivity contribution is 5.92. The zero-order valence-corrected chi connectivity index (χ0v) is 9.55. The van der Waals surface area contributed by atoms with Crippen molar-refractivity contribution in [3.63, 3.8) is 0 Å². The number of carbonyl (C=O) groups excluding carboxylic acids is 1. The Morgan fingerprint density at radius 1 is 1.20 bits per heavy atom. The average molecular weight is 212 g/mol. The second kappa shape index (κ2) is 2.98. The van der Waals surface area contributed by atoms with Gasteiger partial charge < -0.3 is 14.2 Å².